The van der Waals surface area contributed by atoms with Gasteiger partial charge in [-0.1, -0.05) is 11.6 Å². The van der Waals surface area contributed by atoms with Gasteiger partial charge in [-0.25, -0.2) is 22.5 Å². The smallest absolute Gasteiger partial charge is 0.267 e. The molecule has 0 spiro atoms. The Labute approximate surface area is 264 Å². The molecule has 0 unspecified atom stereocenters. The normalized spacial score (nSPS) is 12.7. The van der Waals surface area contributed by atoms with Gasteiger partial charge < -0.3 is 21.1 Å². The molecule has 45 heavy (non-hydrogen) atoms. The van der Waals surface area contributed by atoms with E-state index in [-0.39, 0.29) is 69.1 Å². The number of pyridine rings is 1. The van der Waals surface area contributed by atoms with E-state index in [1.54, 1.807) is 13.3 Å². The SMILES string of the molecule is CNc1c(-n2c([C@H](Cc3cc(F)cc(F)c3)NC=O)nc3nc(OCCC(C)(F)F)ccc3c2=O)ccc(Cl)c1C(N)=NSC. The quantitative estimate of drug-likeness (QED) is 0.0584. The fraction of sp³-hybridized carbons (Fsp3) is 0.276. The number of benzene rings is 2. The lowest BCUT2D eigenvalue weighted by atomic mass is 10.0. The van der Waals surface area contributed by atoms with Gasteiger partial charge in [0.05, 0.1) is 40.0 Å². The number of fused-ring (bicyclic) bond motifs is 1. The van der Waals surface area contributed by atoms with Gasteiger partial charge in [-0.05, 0) is 54.8 Å². The van der Waals surface area contributed by atoms with Gasteiger partial charge in [0.25, 0.3) is 5.56 Å². The van der Waals surface area contributed by atoms with Crippen LogP contribution in [0.1, 0.15) is 36.3 Å². The fourth-order valence-electron chi connectivity index (χ4n) is 4.62. The van der Waals surface area contributed by atoms with Crippen LogP contribution in [0.15, 0.2) is 51.7 Å². The summed E-state index contributed by atoms with van der Waals surface area (Å²) in [6.45, 7) is 0.401. The molecule has 0 fully saturated rings. The number of nitrogens with two attached hydrogens (primary N) is 1. The zero-order valence-electron chi connectivity index (χ0n) is 24.2. The number of hydrogen-bond acceptors (Lipinski definition) is 8. The molecule has 2 aromatic carbocycles. The molecule has 16 heteroatoms. The van der Waals surface area contributed by atoms with Gasteiger partial charge in [-0.15, -0.1) is 0 Å². The molecule has 1 amide bonds. The average molecular weight is 666 g/mol. The Morgan fingerprint density at radius 1 is 1.20 bits per heavy atom. The van der Waals surface area contributed by atoms with Crippen molar-refractivity contribution in [3.8, 4) is 11.6 Å². The van der Waals surface area contributed by atoms with Gasteiger partial charge in [0.15, 0.2) is 5.65 Å². The highest BCUT2D eigenvalue weighted by molar-refractivity contribution is 7.97. The van der Waals surface area contributed by atoms with Crippen molar-refractivity contribution in [1.29, 1.82) is 0 Å². The summed E-state index contributed by atoms with van der Waals surface area (Å²) >= 11 is 7.58. The number of rotatable bonds is 13. The molecule has 0 aliphatic rings. The molecule has 0 radical (unpaired) electrons. The van der Waals surface area contributed by atoms with Crippen LogP contribution in [0.4, 0.5) is 23.2 Å². The van der Waals surface area contributed by atoms with Crippen LogP contribution in [0.25, 0.3) is 16.7 Å². The van der Waals surface area contributed by atoms with Gasteiger partial charge in [0.1, 0.15) is 23.3 Å². The molecule has 0 aliphatic carbocycles. The number of aromatic nitrogens is 3. The maximum atomic E-state index is 14.2. The van der Waals surface area contributed by atoms with E-state index >= 15 is 0 Å². The molecule has 4 aromatic rings. The zero-order valence-corrected chi connectivity index (χ0v) is 25.8. The Morgan fingerprint density at radius 2 is 1.91 bits per heavy atom. The van der Waals surface area contributed by atoms with E-state index in [1.165, 1.54) is 28.8 Å². The first-order valence-electron chi connectivity index (χ1n) is 13.3. The molecule has 0 saturated heterocycles. The third-order valence-corrected chi connectivity index (χ3v) is 7.23. The highest BCUT2D eigenvalue weighted by Gasteiger charge is 2.26. The maximum absolute atomic E-state index is 14.2. The van der Waals surface area contributed by atoms with Crippen LogP contribution in [0.3, 0.4) is 0 Å². The summed E-state index contributed by atoms with van der Waals surface area (Å²) in [6, 6.07) is 7.47. The summed E-state index contributed by atoms with van der Waals surface area (Å²) in [6.07, 6.45) is 1.28. The predicted octanol–water partition coefficient (Wildman–Crippen LogP) is 5.19. The van der Waals surface area contributed by atoms with Crippen molar-refractivity contribution < 1.29 is 27.1 Å². The Bertz CT molecular complexity index is 1800. The third kappa shape index (κ3) is 7.84. The summed E-state index contributed by atoms with van der Waals surface area (Å²) in [5, 5.41) is 5.80. The summed E-state index contributed by atoms with van der Waals surface area (Å²) < 4.78 is 65.6. The van der Waals surface area contributed by atoms with Gasteiger partial charge in [-0.2, -0.15) is 9.38 Å². The Kier molecular flexibility index (Phi) is 10.5. The zero-order chi connectivity index (χ0) is 32.9. The van der Waals surface area contributed by atoms with Crippen molar-refractivity contribution in [2.45, 2.75) is 31.7 Å². The minimum absolute atomic E-state index is 0.0119. The molecule has 2 heterocycles. The molecular weight excluding hydrogens is 638 g/mol. The predicted molar refractivity (Wildman–Crippen MR) is 167 cm³/mol. The van der Waals surface area contributed by atoms with E-state index in [0.29, 0.717) is 12.5 Å². The topological polar surface area (TPSA) is 137 Å². The van der Waals surface area contributed by atoms with E-state index in [9.17, 15) is 27.2 Å². The monoisotopic (exact) mass is 665 g/mol. The molecule has 0 saturated carbocycles. The molecule has 238 valence electrons. The van der Waals surface area contributed by atoms with E-state index in [4.69, 9.17) is 22.1 Å². The average Bonchev–Trinajstić information content (AvgIpc) is 2.95. The second-order valence-electron chi connectivity index (χ2n) is 9.84. The molecule has 1 atom stereocenters. The highest BCUT2D eigenvalue weighted by atomic mass is 35.5. The van der Waals surface area contributed by atoms with Gasteiger partial charge in [0, 0.05) is 38.3 Å². The largest absolute Gasteiger partial charge is 0.477 e. The number of halogens is 5. The van der Waals surface area contributed by atoms with Gasteiger partial charge >= 0.3 is 0 Å². The lowest BCUT2D eigenvalue weighted by Gasteiger charge is -2.24. The number of carbonyl (C=O) groups excluding carboxylic acids is 1. The van der Waals surface area contributed by atoms with E-state index in [1.807, 2.05) is 0 Å². The molecule has 0 aliphatic heterocycles. The first-order chi connectivity index (χ1) is 21.4. The second-order valence-corrected chi connectivity index (χ2v) is 10.8. The summed E-state index contributed by atoms with van der Waals surface area (Å²) in [5.74, 6) is -4.75. The van der Waals surface area contributed by atoms with Crippen molar-refractivity contribution in [3.05, 3.63) is 86.4 Å². The molecule has 4 rings (SSSR count). The van der Waals surface area contributed by atoms with E-state index in [2.05, 4.69) is 25.0 Å². The van der Waals surface area contributed by atoms with Crippen LogP contribution < -0.4 is 26.7 Å². The van der Waals surface area contributed by atoms with Gasteiger partial charge in [-0.3, -0.25) is 14.2 Å². The highest BCUT2D eigenvalue weighted by Crippen LogP contribution is 2.33. The van der Waals surface area contributed by atoms with Crippen LogP contribution in [-0.2, 0) is 11.2 Å². The molecule has 10 nitrogen and oxygen atoms in total. The number of alkyl halides is 2. The molecule has 4 N–H and O–H groups in total. The summed E-state index contributed by atoms with van der Waals surface area (Å²) in [7, 11) is 1.58. The molecule has 0 bridgehead atoms. The van der Waals surface area contributed by atoms with Crippen molar-refractivity contribution >= 4 is 52.5 Å². The van der Waals surface area contributed by atoms with Crippen molar-refractivity contribution in [2.75, 3.05) is 25.2 Å². The Hall–Kier alpha value is -4.37. The number of anilines is 1. The molecule has 2 aromatic heterocycles. The van der Waals surface area contributed by atoms with Crippen molar-refractivity contribution in [3.63, 3.8) is 0 Å². The third-order valence-electron chi connectivity index (χ3n) is 6.54. The molecular formula is C29H28ClF4N7O3S. The van der Waals surface area contributed by atoms with E-state index in [0.717, 1.165) is 31.0 Å². The standard InChI is InChI=1S/C29H28ClF4N7O3S/c1-29(33,34)8-9-44-22-7-4-18-26(38-22)39-27(20(37-14-42)12-15-10-16(31)13-17(32)11-15)41(28(18)43)21-6-5-19(30)23(24(21)36-2)25(35)40-45-3/h4-7,10-11,13-14,20,36H,8-9,12H2,1-3H3,(H2,35,40)(H,37,42)/t20-/m0/s1. The fourth-order valence-corrected chi connectivity index (χ4v) is 5.16. The number of hydrogen-bond donors (Lipinski definition) is 3. The first kappa shape index (κ1) is 33.5. The van der Waals surface area contributed by atoms with Crippen LogP contribution in [-0.4, -0.2) is 52.6 Å². The first-order valence-corrected chi connectivity index (χ1v) is 14.9. The second kappa shape index (κ2) is 14.2. The number of nitrogens with zero attached hydrogens (tertiary/aromatic N) is 4. The van der Waals surface area contributed by atoms with Gasteiger partial charge in [0.2, 0.25) is 18.2 Å². The van der Waals surface area contributed by atoms with Crippen LogP contribution in [0, 0.1) is 11.6 Å². The minimum Gasteiger partial charge on any atom is -0.477 e. The van der Waals surface area contributed by atoms with Crippen LogP contribution in [0.5, 0.6) is 5.88 Å². The number of amidine groups is 1. The maximum Gasteiger partial charge on any atom is 0.267 e. The van der Waals surface area contributed by atoms with E-state index < -0.39 is 35.6 Å². The summed E-state index contributed by atoms with van der Waals surface area (Å²) in [4.78, 5) is 34.9. The minimum atomic E-state index is -2.97. The summed E-state index contributed by atoms with van der Waals surface area (Å²) in [5.41, 5.74) is 6.38. The number of amides is 1. The lowest BCUT2D eigenvalue weighted by Crippen LogP contribution is -2.33. The Balaban J connectivity index is 2.00. The number of ether oxygens (including phenoxy) is 1. The van der Waals surface area contributed by atoms with Crippen molar-refractivity contribution in [1.82, 2.24) is 19.9 Å². The Morgan fingerprint density at radius 3 is 2.53 bits per heavy atom. The number of carbonyl (C=O) groups is 1. The lowest BCUT2D eigenvalue weighted by molar-refractivity contribution is -0.110. The number of nitrogens with one attached hydrogen (secondary N) is 2. The van der Waals surface area contributed by atoms with Crippen LogP contribution in [0.2, 0.25) is 5.02 Å². The van der Waals surface area contributed by atoms with Crippen LogP contribution >= 0.6 is 23.5 Å². The van der Waals surface area contributed by atoms with Crippen molar-refractivity contribution in [2.24, 2.45) is 10.1 Å².